The molecule has 1 atom stereocenters. The molecule has 0 saturated carbocycles. The Hall–Kier alpha value is -1.99. The number of nitrogens with one attached hydrogen (secondary N) is 1. The predicted molar refractivity (Wildman–Crippen MR) is 93.2 cm³/mol. The SMILES string of the molecule is COCCC(NC(=O)CCCCc1nc2ccccc2s1)C(=O)O. The fourth-order valence-electron chi connectivity index (χ4n) is 2.35. The minimum absolute atomic E-state index is 0.234. The Morgan fingerprint density at radius 1 is 1.33 bits per heavy atom. The zero-order chi connectivity index (χ0) is 17.4. The maximum absolute atomic E-state index is 11.8. The molecule has 1 aromatic heterocycles. The molecule has 1 aromatic carbocycles. The van der Waals surface area contributed by atoms with E-state index in [1.807, 2.05) is 18.2 Å². The first-order valence-corrected chi connectivity index (χ1v) is 8.77. The zero-order valence-corrected chi connectivity index (χ0v) is 14.5. The lowest BCUT2D eigenvalue weighted by Gasteiger charge is -2.13. The standard InChI is InChI=1S/C17H22N2O4S/c1-23-11-10-13(17(21)22)18-15(20)8-4-5-9-16-19-12-6-2-3-7-14(12)24-16/h2-3,6-7,13H,4-5,8-11H2,1H3,(H,18,20)(H,21,22). The molecular formula is C17H22N2O4S. The van der Waals surface area contributed by atoms with Gasteiger partial charge in [-0.05, 0) is 31.4 Å². The maximum atomic E-state index is 11.8. The van der Waals surface area contributed by atoms with Gasteiger partial charge in [0.15, 0.2) is 0 Å². The molecule has 130 valence electrons. The highest BCUT2D eigenvalue weighted by Crippen LogP contribution is 2.22. The summed E-state index contributed by atoms with van der Waals surface area (Å²) in [4.78, 5) is 27.5. The van der Waals surface area contributed by atoms with Gasteiger partial charge in [-0.15, -0.1) is 11.3 Å². The number of ether oxygens (including phenoxy) is 1. The lowest BCUT2D eigenvalue weighted by atomic mass is 10.1. The van der Waals surface area contributed by atoms with Crippen molar-refractivity contribution in [3.05, 3.63) is 29.3 Å². The van der Waals surface area contributed by atoms with E-state index in [9.17, 15) is 9.59 Å². The van der Waals surface area contributed by atoms with E-state index in [0.717, 1.165) is 23.4 Å². The summed E-state index contributed by atoms with van der Waals surface area (Å²) >= 11 is 1.68. The largest absolute Gasteiger partial charge is 0.480 e. The monoisotopic (exact) mass is 350 g/mol. The van der Waals surface area contributed by atoms with Gasteiger partial charge >= 0.3 is 5.97 Å². The number of aliphatic carboxylic acids is 1. The Labute approximate surface area is 144 Å². The van der Waals surface area contributed by atoms with Crippen LogP contribution in [0.4, 0.5) is 0 Å². The highest BCUT2D eigenvalue weighted by molar-refractivity contribution is 7.18. The van der Waals surface area contributed by atoms with Crippen LogP contribution in [0.3, 0.4) is 0 Å². The molecule has 0 aliphatic heterocycles. The number of nitrogens with zero attached hydrogens (tertiary/aromatic N) is 1. The molecule has 0 radical (unpaired) electrons. The smallest absolute Gasteiger partial charge is 0.326 e. The number of carbonyl (C=O) groups is 2. The molecular weight excluding hydrogens is 328 g/mol. The quantitative estimate of drug-likeness (QED) is 0.643. The number of hydrogen-bond acceptors (Lipinski definition) is 5. The van der Waals surface area contributed by atoms with E-state index in [-0.39, 0.29) is 12.3 Å². The van der Waals surface area contributed by atoms with E-state index < -0.39 is 12.0 Å². The fraction of sp³-hybridized carbons (Fsp3) is 0.471. The molecule has 0 spiro atoms. The lowest BCUT2D eigenvalue weighted by molar-refractivity contribution is -0.142. The summed E-state index contributed by atoms with van der Waals surface area (Å²) < 4.78 is 6.03. The van der Waals surface area contributed by atoms with Crippen LogP contribution >= 0.6 is 11.3 Å². The molecule has 0 aliphatic rings. The third-order valence-corrected chi connectivity index (χ3v) is 4.72. The van der Waals surface area contributed by atoms with Crippen LogP contribution in [-0.2, 0) is 20.7 Å². The normalized spacial score (nSPS) is 12.2. The minimum Gasteiger partial charge on any atom is -0.480 e. The Bertz CT molecular complexity index is 653. The molecule has 1 unspecified atom stereocenters. The second-order valence-electron chi connectivity index (χ2n) is 5.52. The average Bonchev–Trinajstić information content (AvgIpc) is 2.98. The number of aromatic nitrogens is 1. The number of methoxy groups -OCH3 is 1. The van der Waals surface area contributed by atoms with Gasteiger partial charge in [-0.25, -0.2) is 9.78 Å². The molecule has 1 amide bonds. The van der Waals surface area contributed by atoms with Crippen molar-refractivity contribution in [1.29, 1.82) is 0 Å². The molecule has 0 aliphatic carbocycles. The summed E-state index contributed by atoms with van der Waals surface area (Å²) in [6, 6.07) is 7.13. The van der Waals surface area contributed by atoms with E-state index in [1.165, 1.54) is 11.8 Å². The van der Waals surface area contributed by atoms with Gasteiger partial charge in [0, 0.05) is 26.6 Å². The number of unbranched alkanes of at least 4 members (excludes halogenated alkanes) is 1. The lowest BCUT2D eigenvalue weighted by Crippen LogP contribution is -2.41. The number of amides is 1. The molecule has 2 N–H and O–H groups in total. The first-order valence-electron chi connectivity index (χ1n) is 7.95. The third-order valence-electron chi connectivity index (χ3n) is 3.63. The van der Waals surface area contributed by atoms with Crippen LogP contribution in [0, 0.1) is 0 Å². The number of carboxylic acids is 1. The number of carboxylic acid groups (broad SMARTS) is 1. The first kappa shape index (κ1) is 18.4. The number of aryl methyl sites for hydroxylation is 1. The predicted octanol–water partition coefficient (Wildman–Crippen LogP) is 2.62. The van der Waals surface area contributed by atoms with Crippen molar-refractivity contribution in [1.82, 2.24) is 10.3 Å². The highest BCUT2D eigenvalue weighted by atomic mass is 32.1. The van der Waals surface area contributed by atoms with E-state index in [1.54, 1.807) is 11.3 Å². The van der Waals surface area contributed by atoms with Crippen LogP contribution in [0.2, 0.25) is 0 Å². The summed E-state index contributed by atoms with van der Waals surface area (Å²) in [7, 11) is 1.50. The Morgan fingerprint density at radius 2 is 2.12 bits per heavy atom. The van der Waals surface area contributed by atoms with Crippen molar-refractivity contribution < 1.29 is 19.4 Å². The highest BCUT2D eigenvalue weighted by Gasteiger charge is 2.19. The van der Waals surface area contributed by atoms with Gasteiger partial charge in [-0.1, -0.05) is 12.1 Å². The van der Waals surface area contributed by atoms with Crippen LogP contribution < -0.4 is 5.32 Å². The van der Waals surface area contributed by atoms with Crippen LogP contribution in [0.25, 0.3) is 10.2 Å². The van der Waals surface area contributed by atoms with E-state index in [2.05, 4.69) is 16.4 Å². The fourth-order valence-corrected chi connectivity index (χ4v) is 3.36. The van der Waals surface area contributed by atoms with Gasteiger partial charge in [0.2, 0.25) is 5.91 Å². The van der Waals surface area contributed by atoms with Gasteiger partial charge in [0.1, 0.15) is 6.04 Å². The second-order valence-corrected chi connectivity index (χ2v) is 6.64. The van der Waals surface area contributed by atoms with Gasteiger partial charge in [0.05, 0.1) is 15.2 Å². The van der Waals surface area contributed by atoms with Gasteiger partial charge in [0.25, 0.3) is 0 Å². The molecule has 6 nitrogen and oxygen atoms in total. The molecule has 1 heterocycles. The van der Waals surface area contributed by atoms with Crippen molar-refractivity contribution in [2.75, 3.05) is 13.7 Å². The molecule has 7 heteroatoms. The Morgan fingerprint density at radius 3 is 2.83 bits per heavy atom. The zero-order valence-electron chi connectivity index (χ0n) is 13.7. The van der Waals surface area contributed by atoms with Crippen molar-refractivity contribution in [2.24, 2.45) is 0 Å². The number of fused-ring (bicyclic) bond motifs is 1. The number of thiazole rings is 1. The molecule has 2 rings (SSSR count). The molecule has 0 saturated heterocycles. The van der Waals surface area contributed by atoms with Crippen molar-refractivity contribution in [3.8, 4) is 0 Å². The summed E-state index contributed by atoms with van der Waals surface area (Å²) in [5, 5.41) is 12.7. The second kappa shape index (κ2) is 9.34. The summed E-state index contributed by atoms with van der Waals surface area (Å²) in [6.45, 7) is 0.300. The number of hydrogen-bond donors (Lipinski definition) is 2. The minimum atomic E-state index is -1.03. The first-order chi connectivity index (χ1) is 11.6. The summed E-state index contributed by atoms with van der Waals surface area (Å²) in [6.07, 6.45) is 2.98. The Kier molecular flexibility index (Phi) is 7.14. The molecule has 24 heavy (non-hydrogen) atoms. The Balaban J connectivity index is 1.71. The van der Waals surface area contributed by atoms with Crippen molar-refractivity contribution in [3.63, 3.8) is 0 Å². The number of rotatable bonds is 10. The summed E-state index contributed by atoms with van der Waals surface area (Å²) in [5.74, 6) is -1.27. The van der Waals surface area contributed by atoms with Crippen LogP contribution in [0.1, 0.15) is 30.7 Å². The molecule has 2 aromatic rings. The van der Waals surface area contributed by atoms with Gasteiger partial charge < -0.3 is 15.2 Å². The average molecular weight is 350 g/mol. The van der Waals surface area contributed by atoms with Crippen LogP contribution in [-0.4, -0.2) is 41.7 Å². The van der Waals surface area contributed by atoms with Gasteiger partial charge in [-0.2, -0.15) is 0 Å². The topological polar surface area (TPSA) is 88.5 Å². The molecule has 0 fully saturated rings. The van der Waals surface area contributed by atoms with Crippen molar-refractivity contribution in [2.45, 2.75) is 38.1 Å². The number of benzene rings is 1. The van der Waals surface area contributed by atoms with Crippen molar-refractivity contribution >= 4 is 33.4 Å². The van der Waals surface area contributed by atoms with E-state index in [0.29, 0.717) is 19.4 Å². The maximum Gasteiger partial charge on any atom is 0.326 e. The number of para-hydroxylation sites is 1. The van der Waals surface area contributed by atoms with Crippen LogP contribution in [0.5, 0.6) is 0 Å². The third kappa shape index (κ3) is 5.58. The summed E-state index contributed by atoms with van der Waals surface area (Å²) in [5.41, 5.74) is 1.01. The number of carbonyl (C=O) groups excluding carboxylic acids is 1. The van der Waals surface area contributed by atoms with Crippen LogP contribution in [0.15, 0.2) is 24.3 Å². The van der Waals surface area contributed by atoms with E-state index in [4.69, 9.17) is 9.84 Å². The molecule has 0 bridgehead atoms. The van der Waals surface area contributed by atoms with E-state index >= 15 is 0 Å². The van der Waals surface area contributed by atoms with Gasteiger partial charge in [-0.3, -0.25) is 4.79 Å².